The van der Waals surface area contributed by atoms with Gasteiger partial charge in [0.1, 0.15) is 0 Å². The predicted molar refractivity (Wildman–Crippen MR) is 103 cm³/mol. The summed E-state index contributed by atoms with van der Waals surface area (Å²) >= 11 is 0. The van der Waals surface area contributed by atoms with Gasteiger partial charge in [-0.15, -0.1) is 24.0 Å². The molecule has 0 radical (unpaired) electrons. The maximum absolute atomic E-state index is 5.72. The van der Waals surface area contributed by atoms with Gasteiger partial charge in [0.2, 0.25) is 0 Å². The van der Waals surface area contributed by atoms with E-state index in [0.29, 0.717) is 6.04 Å². The van der Waals surface area contributed by atoms with Gasteiger partial charge in [-0.1, -0.05) is 0 Å². The maximum atomic E-state index is 5.72. The summed E-state index contributed by atoms with van der Waals surface area (Å²) in [6.07, 6.45) is 5.29. The molecule has 1 heterocycles. The summed E-state index contributed by atoms with van der Waals surface area (Å²) in [5.41, 5.74) is 0. The first-order valence-electron chi connectivity index (χ1n) is 8.48. The number of rotatable bonds is 8. The molecule has 5 nitrogen and oxygen atoms in total. The number of nitrogens with zero attached hydrogens (tertiary/aromatic N) is 3. The van der Waals surface area contributed by atoms with Crippen molar-refractivity contribution in [2.45, 2.75) is 38.6 Å². The summed E-state index contributed by atoms with van der Waals surface area (Å²) in [6, 6.07) is 0.609. The minimum Gasteiger partial charge on any atom is -0.379 e. The second-order valence-corrected chi connectivity index (χ2v) is 6.41. The molecule has 2 fully saturated rings. The van der Waals surface area contributed by atoms with Crippen LogP contribution in [0, 0.1) is 5.92 Å². The van der Waals surface area contributed by atoms with Gasteiger partial charge in [-0.25, -0.2) is 0 Å². The van der Waals surface area contributed by atoms with E-state index < -0.39 is 0 Å². The highest BCUT2D eigenvalue weighted by molar-refractivity contribution is 14.0. The Kier molecular flexibility index (Phi) is 9.66. The van der Waals surface area contributed by atoms with E-state index in [0.717, 1.165) is 44.7 Å². The fraction of sp³-hybridized carbons (Fsp3) is 0.938. The summed E-state index contributed by atoms with van der Waals surface area (Å²) in [6.45, 7) is 7.77. The third-order valence-corrected chi connectivity index (χ3v) is 4.44. The Balaban J connectivity index is 0.00000242. The van der Waals surface area contributed by atoms with E-state index in [1.807, 2.05) is 0 Å². The molecule has 2 aliphatic rings. The van der Waals surface area contributed by atoms with Crippen LogP contribution in [-0.4, -0.2) is 75.3 Å². The molecule has 6 heteroatoms. The Morgan fingerprint density at radius 3 is 2.73 bits per heavy atom. The summed E-state index contributed by atoms with van der Waals surface area (Å²) < 4.78 is 5.72. The van der Waals surface area contributed by atoms with Crippen molar-refractivity contribution in [1.82, 2.24) is 15.1 Å². The van der Waals surface area contributed by atoms with Gasteiger partial charge in [0.05, 0.1) is 13.2 Å². The molecule has 1 N–H and O–H groups in total. The average Bonchev–Trinajstić information content (AvgIpc) is 3.21. The van der Waals surface area contributed by atoms with Gasteiger partial charge in [-0.05, 0) is 52.1 Å². The van der Waals surface area contributed by atoms with Gasteiger partial charge in [-0.2, -0.15) is 0 Å². The van der Waals surface area contributed by atoms with Crippen molar-refractivity contribution in [3.63, 3.8) is 0 Å². The van der Waals surface area contributed by atoms with Gasteiger partial charge < -0.3 is 19.9 Å². The lowest BCUT2D eigenvalue weighted by atomic mass is 10.2. The molecule has 2 rings (SSSR count). The van der Waals surface area contributed by atoms with Crippen LogP contribution in [0.3, 0.4) is 0 Å². The van der Waals surface area contributed by atoms with E-state index in [4.69, 9.17) is 9.73 Å². The Morgan fingerprint density at radius 2 is 2.14 bits per heavy atom. The molecule has 1 saturated carbocycles. The van der Waals surface area contributed by atoms with Crippen LogP contribution >= 0.6 is 24.0 Å². The van der Waals surface area contributed by atoms with Crippen LogP contribution in [-0.2, 0) is 4.74 Å². The number of ether oxygens (including phenoxy) is 1. The first kappa shape index (κ1) is 20.0. The van der Waals surface area contributed by atoms with E-state index in [9.17, 15) is 0 Å². The zero-order chi connectivity index (χ0) is 15.1. The minimum atomic E-state index is 0. The van der Waals surface area contributed by atoms with Crippen LogP contribution in [0.4, 0.5) is 0 Å². The summed E-state index contributed by atoms with van der Waals surface area (Å²) in [5, 5.41) is 3.39. The van der Waals surface area contributed by atoms with E-state index in [2.05, 4.69) is 36.1 Å². The van der Waals surface area contributed by atoms with Crippen molar-refractivity contribution in [3.05, 3.63) is 0 Å². The smallest absolute Gasteiger partial charge is 0.193 e. The molecule has 1 aliphatic carbocycles. The quantitative estimate of drug-likeness (QED) is 0.280. The number of aliphatic imine (C=N–C) groups is 1. The Morgan fingerprint density at radius 1 is 1.36 bits per heavy atom. The third kappa shape index (κ3) is 7.00. The van der Waals surface area contributed by atoms with E-state index in [-0.39, 0.29) is 24.0 Å². The van der Waals surface area contributed by atoms with Crippen molar-refractivity contribution in [2.24, 2.45) is 10.9 Å². The number of likely N-dealkylation sites (tertiary alicyclic amines) is 1. The van der Waals surface area contributed by atoms with Gasteiger partial charge >= 0.3 is 0 Å². The molecular weight excluding hydrogens is 391 g/mol. The number of halogens is 1. The average molecular weight is 424 g/mol. The SMILES string of the molecule is CCNC(=NCC1CCCN1C)N(C)CCOCC1CC1.I. The molecule has 1 saturated heterocycles. The van der Waals surface area contributed by atoms with Crippen LogP contribution in [0.25, 0.3) is 0 Å². The molecule has 1 unspecified atom stereocenters. The van der Waals surface area contributed by atoms with Gasteiger partial charge in [0, 0.05) is 32.8 Å². The molecule has 130 valence electrons. The van der Waals surface area contributed by atoms with Crippen LogP contribution in [0.2, 0.25) is 0 Å². The number of likely N-dealkylation sites (N-methyl/N-ethyl adjacent to an activating group) is 2. The second kappa shape index (κ2) is 10.6. The normalized spacial score (nSPS) is 22.5. The number of hydrogen-bond donors (Lipinski definition) is 1. The predicted octanol–water partition coefficient (Wildman–Crippen LogP) is 2.02. The first-order chi connectivity index (χ1) is 10.2. The summed E-state index contributed by atoms with van der Waals surface area (Å²) in [5.74, 6) is 1.85. The van der Waals surface area contributed by atoms with Gasteiger partial charge in [0.15, 0.2) is 5.96 Å². The summed E-state index contributed by atoms with van der Waals surface area (Å²) in [4.78, 5) is 9.41. The highest BCUT2D eigenvalue weighted by atomic mass is 127. The van der Waals surface area contributed by atoms with Crippen LogP contribution in [0.1, 0.15) is 32.6 Å². The van der Waals surface area contributed by atoms with Crippen molar-refractivity contribution in [2.75, 3.05) is 53.5 Å². The molecule has 1 atom stereocenters. The van der Waals surface area contributed by atoms with Crippen molar-refractivity contribution >= 4 is 29.9 Å². The molecule has 0 aromatic carbocycles. The van der Waals surface area contributed by atoms with Crippen molar-refractivity contribution < 1.29 is 4.74 Å². The Bertz CT molecular complexity index is 336. The number of nitrogens with one attached hydrogen (secondary N) is 1. The van der Waals surface area contributed by atoms with Crippen LogP contribution in [0.15, 0.2) is 4.99 Å². The molecule has 0 bridgehead atoms. The van der Waals surface area contributed by atoms with Gasteiger partial charge in [-0.3, -0.25) is 4.99 Å². The zero-order valence-corrected chi connectivity index (χ0v) is 16.7. The summed E-state index contributed by atoms with van der Waals surface area (Å²) in [7, 11) is 4.30. The lowest BCUT2D eigenvalue weighted by Crippen LogP contribution is -2.41. The van der Waals surface area contributed by atoms with E-state index >= 15 is 0 Å². The highest BCUT2D eigenvalue weighted by Gasteiger charge is 2.22. The van der Waals surface area contributed by atoms with Crippen LogP contribution in [0.5, 0.6) is 0 Å². The van der Waals surface area contributed by atoms with Crippen molar-refractivity contribution in [1.29, 1.82) is 0 Å². The topological polar surface area (TPSA) is 40.1 Å². The maximum Gasteiger partial charge on any atom is 0.193 e. The lowest BCUT2D eigenvalue weighted by molar-refractivity contribution is 0.115. The Hall–Kier alpha value is -0.0800. The fourth-order valence-electron chi connectivity index (χ4n) is 2.71. The molecule has 0 amide bonds. The number of hydrogen-bond acceptors (Lipinski definition) is 3. The van der Waals surface area contributed by atoms with E-state index in [1.165, 1.54) is 32.2 Å². The van der Waals surface area contributed by atoms with Crippen LogP contribution < -0.4 is 5.32 Å². The number of guanidine groups is 1. The molecule has 0 aromatic heterocycles. The van der Waals surface area contributed by atoms with Gasteiger partial charge in [0.25, 0.3) is 0 Å². The standard InChI is InChI=1S/C16H32N4O.HI/c1-4-17-16(18-12-15-6-5-9-19(15)2)20(3)10-11-21-13-14-7-8-14;/h14-15H,4-13H2,1-3H3,(H,17,18);1H. The van der Waals surface area contributed by atoms with Crippen molar-refractivity contribution in [3.8, 4) is 0 Å². The lowest BCUT2D eigenvalue weighted by Gasteiger charge is -2.23. The molecule has 0 aromatic rings. The Labute approximate surface area is 152 Å². The first-order valence-corrected chi connectivity index (χ1v) is 8.48. The monoisotopic (exact) mass is 424 g/mol. The minimum absolute atomic E-state index is 0. The largest absolute Gasteiger partial charge is 0.379 e. The highest BCUT2D eigenvalue weighted by Crippen LogP contribution is 2.28. The zero-order valence-electron chi connectivity index (χ0n) is 14.4. The molecule has 1 aliphatic heterocycles. The molecule has 22 heavy (non-hydrogen) atoms. The van der Waals surface area contributed by atoms with E-state index in [1.54, 1.807) is 0 Å². The molecular formula is C16H33IN4O. The molecule has 0 spiro atoms. The fourth-order valence-corrected chi connectivity index (χ4v) is 2.71. The third-order valence-electron chi connectivity index (χ3n) is 4.44. The second-order valence-electron chi connectivity index (χ2n) is 6.41.